The number of carbonyl (C=O) groups is 3. The van der Waals surface area contributed by atoms with Gasteiger partial charge in [-0.25, -0.2) is 4.79 Å². The highest BCUT2D eigenvalue weighted by Gasteiger charge is 2.27. The van der Waals surface area contributed by atoms with E-state index < -0.39 is 12.0 Å². The van der Waals surface area contributed by atoms with Crippen molar-refractivity contribution in [1.82, 2.24) is 10.2 Å². The first-order valence-corrected chi connectivity index (χ1v) is 8.70. The third kappa shape index (κ3) is 5.31. The first-order chi connectivity index (χ1) is 11.9. The van der Waals surface area contributed by atoms with Gasteiger partial charge in [0.25, 0.3) is 11.8 Å². The molecule has 1 aliphatic rings. The lowest BCUT2D eigenvalue weighted by molar-refractivity contribution is -0.154. The van der Waals surface area contributed by atoms with Gasteiger partial charge >= 0.3 is 5.97 Å². The van der Waals surface area contributed by atoms with E-state index in [1.165, 1.54) is 0 Å². The van der Waals surface area contributed by atoms with Crippen LogP contribution in [0.5, 0.6) is 0 Å². The maximum Gasteiger partial charge on any atom is 0.329 e. The van der Waals surface area contributed by atoms with E-state index in [0.717, 1.165) is 18.4 Å². The van der Waals surface area contributed by atoms with E-state index in [2.05, 4.69) is 5.32 Å². The molecule has 1 atom stereocenters. The Morgan fingerprint density at radius 1 is 1.12 bits per heavy atom. The average molecular weight is 346 g/mol. The Balaban J connectivity index is 1.92. The van der Waals surface area contributed by atoms with Crippen molar-refractivity contribution in [2.75, 3.05) is 19.7 Å². The Labute approximate surface area is 148 Å². The molecule has 0 aliphatic carbocycles. The van der Waals surface area contributed by atoms with E-state index in [0.29, 0.717) is 18.7 Å². The van der Waals surface area contributed by atoms with Crippen molar-refractivity contribution in [3.63, 3.8) is 0 Å². The normalized spacial score (nSPS) is 15.1. The number of nitrogens with one attached hydrogen (secondary N) is 1. The van der Waals surface area contributed by atoms with E-state index in [4.69, 9.17) is 4.74 Å². The molecule has 0 aromatic heterocycles. The first kappa shape index (κ1) is 19.0. The summed E-state index contributed by atoms with van der Waals surface area (Å²) < 4.78 is 5.15. The summed E-state index contributed by atoms with van der Waals surface area (Å²) in [5.74, 6) is -1.24. The molecule has 2 rings (SSSR count). The highest BCUT2D eigenvalue weighted by atomic mass is 16.5. The Hall–Kier alpha value is -2.37. The van der Waals surface area contributed by atoms with Crippen molar-refractivity contribution in [2.45, 2.75) is 39.7 Å². The van der Waals surface area contributed by atoms with Crippen LogP contribution in [0.15, 0.2) is 24.3 Å². The van der Waals surface area contributed by atoms with Gasteiger partial charge in [-0.3, -0.25) is 9.59 Å². The smallest absolute Gasteiger partial charge is 0.329 e. The molecule has 1 fully saturated rings. The highest BCUT2D eigenvalue weighted by molar-refractivity contribution is 5.97. The van der Waals surface area contributed by atoms with Crippen molar-refractivity contribution in [3.05, 3.63) is 35.4 Å². The van der Waals surface area contributed by atoms with Gasteiger partial charge in [0.05, 0.1) is 0 Å². The standard InChI is InChI=1S/C19H26N2O4/c1-13(2)17(20-18(23)15-8-6-14(3)7-9-15)19(24)25-12-16(22)21-10-4-5-11-21/h6-9,13,17H,4-5,10-12H2,1-3H3,(H,20,23). The van der Waals surface area contributed by atoms with Gasteiger partial charge in [-0.05, 0) is 37.8 Å². The van der Waals surface area contributed by atoms with Gasteiger partial charge in [0.15, 0.2) is 6.61 Å². The summed E-state index contributed by atoms with van der Waals surface area (Å²) in [5, 5.41) is 2.71. The van der Waals surface area contributed by atoms with Crippen LogP contribution in [0.25, 0.3) is 0 Å². The first-order valence-electron chi connectivity index (χ1n) is 8.70. The Morgan fingerprint density at radius 3 is 2.28 bits per heavy atom. The molecule has 136 valence electrons. The number of rotatable bonds is 6. The molecular weight excluding hydrogens is 320 g/mol. The van der Waals surface area contributed by atoms with Crippen LogP contribution in [0.2, 0.25) is 0 Å². The molecule has 0 radical (unpaired) electrons. The monoisotopic (exact) mass is 346 g/mol. The number of benzene rings is 1. The predicted molar refractivity (Wildman–Crippen MR) is 94.0 cm³/mol. The van der Waals surface area contributed by atoms with E-state index in [-0.39, 0.29) is 24.3 Å². The van der Waals surface area contributed by atoms with Crippen molar-refractivity contribution in [3.8, 4) is 0 Å². The Morgan fingerprint density at radius 2 is 1.72 bits per heavy atom. The van der Waals surface area contributed by atoms with Gasteiger partial charge < -0.3 is 15.0 Å². The highest BCUT2D eigenvalue weighted by Crippen LogP contribution is 2.10. The number of hydrogen-bond acceptors (Lipinski definition) is 4. The summed E-state index contributed by atoms with van der Waals surface area (Å²) in [4.78, 5) is 38.3. The third-order valence-electron chi connectivity index (χ3n) is 4.32. The zero-order valence-corrected chi connectivity index (χ0v) is 15.1. The molecule has 6 nitrogen and oxygen atoms in total. The van der Waals surface area contributed by atoms with Crippen LogP contribution in [0, 0.1) is 12.8 Å². The molecule has 0 spiro atoms. The van der Waals surface area contributed by atoms with E-state index in [1.54, 1.807) is 17.0 Å². The molecule has 25 heavy (non-hydrogen) atoms. The lowest BCUT2D eigenvalue weighted by Gasteiger charge is -2.22. The van der Waals surface area contributed by atoms with Crippen molar-refractivity contribution >= 4 is 17.8 Å². The summed E-state index contributed by atoms with van der Waals surface area (Å²) in [6.45, 7) is 6.74. The third-order valence-corrected chi connectivity index (χ3v) is 4.32. The summed E-state index contributed by atoms with van der Waals surface area (Å²) in [5.41, 5.74) is 1.54. The van der Waals surface area contributed by atoms with Crippen molar-refractivity contribution < 1.29 is 19.1 Å². The van der Waals surface area contributed by atoms with Crippen LogP contribution in [0.4, 0.5) is 0 Å². The fourth-order valence-electron chi connectivity index (χ4n) is 2.71. The van der Waals surface area contributed by atoms with Crippen LogP contribution >= 0.6 is 0 Å². The molecule has 2 amide bonds. The molecular formula is C19H26N2O4. The SMILES string of the molecule is Cc1ccc(C(=O)NC(C(=O)OCC(=O)N2CCCC2)C(C)C)cc1. The number of nitrogens with zero attached hydrogens (tertiary/aromatic N) is 1. The van der Waals surface area contributed by atoms with Gasteiger partial charge in [0, 0.05) is 18.7 Å². The molecule has 1 aliphatic heterocycles. The fraction of sp³-hybridized carbons (Fsp3) is 0.526. The average Bonchev–Trinajstić information content (AvgIpc) is 3.12. The predicted octanol–water partition coefficient (Wildman–Crippen LogP) is 1.92. The van der Waals surface area contributed by atoms with Gasteiger partial charge in [-0.2, -0.15) is 0 Å². The fourth-order valence-corrected chi connectivity index (χ4v) is 2.71. The van der Waals surface area contributed by atoms with Crippen LogP contribution < -0.4 is 5.32 Å². The van der Waals surface area contributed by atoms with E-state index >= 15 is 0 Å². The van der Waals surface area contributed by atoms with Gasteiger partial charge in [-0.15, -0.1) is 0 Å². The number of amides is 2. The second-order valence-electron chi connectivity index (χ2n) is 6.76. The topological polar surface area (TPSA) is 75.7 Å². The quantitative estimate of drug-likeness (QED) is 0.799. The second-order valence-corrected chi connectivity index (χ2v) is 6.76. The number of ether oxygens (including phenoxy) is 1. The lowest BCUT2D eigenvalue weighted by Crippen LogP contribution is -2.46. The zero-order valence-electron chi connectivity index (χ0n) is 15.1. The van der Waals surface area contributed by atoms with Gasteiger partial charge in [-0.1, -0.05) is 31.5 Å². The van der Waals surface area contributed by atoms with Crippen LogP contribution in [0.1, 0.15) is 42.6 Å². The largest absolute Gasteiger partial charge is 0.454 e. The summed E-state index contributed by atoms with van der Waals surface area (Å²) in [6.07, 6.45) is 1.97. The Bertz CT molecular complexity index is 619. The molecule has 0 bridgehead atoms. The summed E-state index contributed by atoms with van der Waals surface area (Å²) in [6, 6.07) is 6.31. The van der Waals surface area contributed by atoms with Crippen LogP contribution in [-0.4, -0.2) is 48.4 Å². The molecule has 0 saturated carbocycles. The minimum absolute atomic E-state index is 0.149. The minimum atomic E-state index is -0.791. The second kappa shape index (κ2) is 8.65. The van der Waals surface area contributed by atoms with Gasteiger partial charge in [0.1, 0.15) is 6.04 Å². The molecule has 1 unspecified atom stereocenters. The maximum absolute atomic E-state index is 12.3. The number of aryl methyl sites for hydroxylation is 1. The molecule has 1 aromatic rings. The number of carbonyl (C=O) groups excluding carboxylic acids is 3. The molecule has 1 aromatic carbocycles. The summed E-state index contributed by atoms with van der Waals surface area (Å²) in [7, 11) is 0. The molecule has 1 N–H and O–H groups in total. The molecule has 1 heterocycles. The van der Waals surface area contributed by atoms with Crippen molar-refractivity contribution in [1.29, 1.82) is 0 Å². The Kier molecular flexibility index (Phi) is 6.56. The van der Waals surface area contributed by atoms with Crippen LogP contribution in [-0.2, 0) is 14.3 Å². The number of likely N-dealkylation sites (tertiary alicyclic amines) is 1. The van der Waals surface area contributed by atoms with Crippen molar-refractivity contribution in [2.24, 2.45) is 5.92 Å². The summed E-state index contributed by atoms with van der Waals surface area (Å²) >= 11 is 0. The van der Waals surface area contributed by atoms with E-state index in [1.807, 2.05) is 32.9 Å². The van der Waals surface area contributed by atoms with E-state index in [9.17, 15) is 14.4 Å². The number of hydrogen-bond donors (Lipinski definition) is 1. The maximum atomic E-state index is 12.3. The zero-order chi connectivity index (χ0) is 18.4. The van der Waals surface area contributed by atoms with Gasteiger partial charge in [0.2, 0.25) is 0 Å². The molecule has 6 heteroatoms. The molecule has 1 saturated heterocycles. The van der Waals surface area contributed by atoms with Crippen LogP contribution in [0.3, 0.4) is 0 Å². The lowest BCUT2D eigenvalue weighted by atomic mass is 10.0. The minimum Gasteiger partial charge on any atom is -0.454 e. The number of esters is 1.